The van der Waals surface area contributed by atoms with Gasteiger partial charge in [0.15, 0.2) is 6.10 Å². The number of phosphoric ester groups is 2. The molecule has 0 fully saturated rings. The van der Waals surface area contributed by atoms with Crippen LogP contribution >= 0.6 is 15.6 Å². The number of rotatable bonds is 57. The van der Waals surface area contributed by atoms with Crippen molar-refractivity contribution < 1.29 is 75.8 Å². The summed E-state index contributed by atoms with van der Waals surface area (Å²) < 4.78 is 60.5. The molecule has 0 heterocycles. The van der Waals surface area contributed by atoms with E-state index in [-0.39, 0.29) is 19.3 Å². The molecule has 0 saturated carbocycles. The topological polar surface area (TPSA) is 231 Å². The number of allylic oxidation sites excluding steroid dienone is 8. The fraction of sp³-hybridized carbons (Fsp3) is 0.814. The molecular weight excluding hydrogens is 1030 g/mol. The van der Waals surface area contributed by atoms with Crippen LogP contribution in [0.1, 0.15) is 252 Å². The number of hydrogen-bond donors (Lipinski definition) is 4. The Morgan fingerprint density at radius 2 is 0.649 bits per heavy atom. The number of esters is 3. The Morgan fingerprint density at radius 1 is 0.364 bits per heavy atom. The number of unbranched alkanes of at least 4 members (excludes halogenated alkanes) is 26. The smallest absolute Gasteiger partial charge is 0.463 e. The number of aliphatic hydroxyl groups excluding tert-OH is 2. The van der Waals surface area contributed by atoms with Gasteiger partial charge in [0.05, 0.1) is 26.4 Å². The standard InChI is InChI=1S/C59H108O16P2/c1-4-7-10-13-16-19-22-25-26-29-31-33-36-39-42-45-57(62)69-48-54(60)49-71-76(65,66)72-50-55(61)51-73-77(67,68)74-53-56(75-59(64)47-44-41-38-35-32-28-24-21-18-15-12-9-6-3)52-70-58(63)46-43-40-37-34-30-27-23-20-17-14-11-8-5-2/h16,19-21,23-26,54-56,60-61H,4-15,17-18,22,27-53H2,1-3H3,(H,65,66)(H,67,68)/b19-16-,23-20-,24-21-,26-25-. The van der Waals surface area contributed by atoms with Gasteiger partial charge in [0.25, 0.3) is 0 Å². The van der Waals surface area contributed by atoms with Crippen LogP contribution in [0.15, 0.2) is 48.6 Å². The maximum atomic E-state index is 12.8. The first-order chi connectivity index (χ1) is 37.2. The molecule has 0 aromatic carbocycles. The summed E-state index contributed by atoms with van der Waals surface area (Å²) >= 11 is 0. The highest BCUT2D eigenvalue weighted by Crippen LogP contribution is 2.45. The first-order valence-electron chi connectivity index (χ1n) is 29.9. The molecule has 4 N–H and O–H groups in total. The van der Waals surface area contributed by atoms with Crippen LogP contribution in [0.3, 0.4) is 0 Å². The zero-order valence-electron chi connectivity index (χ0n) is 48.1. The molecule has 0 spiro atoms. The van der Waals surface area contributed by atoms with Crippen molar-refractivity contribution in [3.05, 3.63) is 48.6 Å². The second kappa shape index (κ2) is 54.1. The molecule has 0 bridgehead atoms. The number of aliphatic hydroxyl groups is 2. The predicted molar refractivity (Wildman–Crippen MR) is 307 cm³/mol. The molecule has 16 nitrogen and oxygen atoms in total. The highest BCUT2D eigenvalue weighted by Gasteiger charge is 2.29. The first kappa shape index (κ1) is 74.5. The third-order valence-corrected chi connectivity index (χ3v) is 14.4. The van der Waals surface area contributed by atoms with Gasteiger partial charge in [0, 0.05) is 19.3 Å². The second-order valence-corrected chi connectivity index (χ2v) is 23.0. The molecule has 0 aliphatic rings. The van der Waals surface area contributed by atoms with Gasteiger partial charge >= 0.3 is 33.6 Å². The summed E-state index contributed by atoms with van der Waals surface area (Å²) in [6.45, 7) is 2.56. The molecule has 0 aliphatic carbocycles. The SMILES string of the molecule is CCCCC/C=C\C/C=C\CCCCCCCC(=O)OCC(O)COP(=O)(O)OCC(O)COP(=O)(O)OCC(COC(=O)CCCCCCC/C=C\CCCCCC)OC(=O)CCCCCCC/C=C\CCCCCC. The maximum Gasteiger partial charge on any atom is 0.472 e. The minimum Gasteiger partial charge on any atom is -0.463 e. The van der Waals surface area contributed by atoms with E-state index in [9.17, 15) is 43.5 Å². The molecule has 0 saturated heterocycles. The van der Waals surface area contributed by atoms with Gasteiger partial charge in [0.2, 0.25) is 0 Å². The molecule has 450 valence electrons. The zero-order chi connectivity index (χ0) is 56.8. The van der Waals surface area contributed by atoms with Crippen LogP contribution in [-0.4, -0.2) is 95.9 Å². The molecule has 0 aromatic rings. The van der Waals surface area contributed by atoms with Crippen LogP contribution < -0.4 is 0 Å². The van der Waals surface area contributed by atoms with E-state index in [0.29, 0.717) is 19.3 Å². The van der Waals surface area contributed by atoms with Gasteiger partial charge in [0.1, 0.15) is 25.4 Å². The van der Waals surface area contributed by atoms with Crippen LogP contribution in [0.4, 0.5) is 0 Å². The Kier molecular flexibility index (Phi) is 52.4. The Hall–Kier alpha value is -2.49. The van der Waals surface area contributed by atoms with Crippen molar-refractivity contribution in [2.75, 3.05) is 39.6 Å². The largest absolute Gasteiger partial charge is 0.472 e. The maximum absolute atomic E-state index is 12.8. The fourth-order valence-electron chi connectivity index (χ4n) is 7.82. The van der Waals surface area contributed by atoms with E-state index in [4.69, 9.17) is 32.3 Å². The minimum atomic E-state index is -4.91. The van der Waals surface area contributed by atoms with E-state index >= 15 is 0 Å². The molecule has 5 unspecified atom stereocenters. The molecule has 0 rings (SSSR count). The van der Waals surface area contributed by atoms with Crippen LogP contribution in [-0.2, 0) is 55.8 Å². The van der Waals surface area contributed by atoms with Crippen molar-refractivity contribution in [3.8, 4) is 0 Å². The molecular formula is C59H108O16P2. The molecule has 18 heteroatoms. The van der Waals surface area contributed by atoms with Gasteiger partial charge in [-0.05, 0) is 103 Å². The number of hydrogen-bond acceptors (Lipinski definition) is 14. The van der Waals surface area contributed by atoms with E-state index in [0.717, 1.165) is 122 Å². The van der Waals surface area contributed by atoms with Gasteiger partial charge in [-0.25, -0.2) is 9.13 Å². The second-order valence-electron chi connectivity index (χ2n) is 20.1. The average Bonchev–Trinajstić information content (AvgIpc) is 3.40. The molecule has 0 aromatic heterocycles. The Balaban J connectivity index is 4.70. The van der Waals surface area contributed by atoms with E-state index < -0.39 is 91.5 Å². The number of carbonyl (C=O) groups excluding carboxylic acids is 3. The van der Waals surface area contributed by atoms with Crippen molar-refractivity contribution in [2.24, 2.45) is 0 Å². The summed E-state index contributed by atoms with van der Waals surface area (Å²) in [4.78, 5) is 58.0. The minimum absolute atomic E-state index is 0.0956. The van der Waals surface area contributed by atoms with Crippen LogP contribution in [0, 0.1) is 0 Å². The Labute approximate surface area is 466 Å². The lowest BCUT2D eigenvalue weighted by molar-refractivity contribution is -0.161. The Morgan fingerprint density at radius 3 is 1.05 bits per heavy atom. The fourth-order valence-corrected chi connectivity index (χ4v) is 9.41. The van der Waals surface area contributed by atoms with Crippen molar-refractivity contribution in [1.29, 1.82) is 0 Å². The summed E-state index contributed by atoms with van der Waals surface area (Å²) in [5, 5.41) is 20.4. The van der Waals surface area contributed by atoms with Crippen molar-refractivity contribution in [2.45, 2.75) is 270 Å². The third kappa shape index (κ3) is 55.2. The number of carbonyl (C=O) groups is 3. The van der Waals surface area contributed by atoms with Gasteiger partial charge in [-0.1, -0.05) is 179 Å². The first-order valence-corrected chi connectivity index (χ1v) is 32.9. The highest BCUT2D eigenvalue weighted by molar-refractivity contribution is 7.47. The van der Waals surface area contributed by atoms with Gasteiger partial charge < -0.3 is 34.2 Å². The van der Waals surface area contributed by atoms with Crippen LogP contribution in [0.2, 0.25) is 0 Å². The van der Waals surface area contributed by atoms with Crippen LogP contribution in [0.5, 0.6) is 0 Å². The van der Waals surface area contributed by atoms with Gasteiger partial charge in [-0.2, -0.15) is 0 Å². The van der Waals surface area contributed by atoms with Gasteiger partial charge in [-0.3, -0.25) is 32.5 Å². The number of phosphoric acid groups is 2. The predicted octanol–water partition coefficient (Wildman–Crippen LogP) is 15.3. The lowest BCUT2D eigenvalue weighted by Crippen LogP contribution is -2.30. The van der Waals surface area contributed by atoms with E-state index in [2.05, 4.69) is 69.4 Å². The summed E-state index contributed by atoms with van der Waals surface area (Å²) in [6, 6.07) is 0. The number of ether oxygens (including phenoxy) is 3. The van der Waals surface area contributed by atoms with Crippen molar-refractivity contribution in [1.82, 2.24) is 0 Å². The summed E-state index contributed by atoms with van der Waals surface area (Å²) in [6.07, 6.45) is 48.9. The zero-order valence-corrected chi connectivity index (χ0v) is 49.9. The van der Waals surface area contributed by atoms with Crippen molar-refractivity contribution >= 4 is 33.6 Å². The summed E-state index contributed by atoms with van der Waals surface area (Å²) in [7, 11) is -9.75. The lowest BCUT2D eigenvalue weighted by atomic mass is 10.1. The Bertz CT molecular complexity index is 1620. The summed E-state index contributed by atoms with van der Waals surface area (Å²) in [5.41, 5.74) is 0. The summed E-state index contributed by atoms with van der Waals surface area (Å²) in [5.74, 6) is -1.60. The van der Waals surface area contributed by atoms with E-state index in [1.54, 1.807) is 0 Å². The highest BCUT2D eigenvalue weighted by atomic mass is 31.2. The van der Waals surface area contributed by atoms with E-state index in [1.807, 2.05) is 0 Å². The quantitative estimate of drug-likeness (QED) is 0.0146. The van der Waals surface area contributed by atoms with Crippen LogP contribution in [0.25, 0.3) is 0 Å². The third-order valence-electron chi connectivity index (χ3n) is 12.5. The molecule has 77 heavy (non-hydrogen) atoms. The lowest BCUT2D eigenvalue weighted by Gasteiger charge is -2.21. The molecule has 0 aliphatic heterocycles. The monoisotopic (exact) mass is 1130 g/mol. The molecule has 5 atom stereocenters. The van der Waals surface area contributed by atoms with E-state index in [1.165, 1.54) is 70.6 Å². The molecule has 0 amide bonds. The normalized spacial score (nSPS) is 14.8. The average molecular weight is 1140 g/mol. The van der Waals surface area contributed by atoms with Gasteiger partial charge in [-0.15, -0.1) is 0 Å². The molecule has 0 radical (unpaired) electrons. The van der Waals surface area contributed by atoms with Crippen molar-refractivity contribution in [3.63, 3.8) is 0 Å².